The van der Waals surface area contributed by atoms with Crippen molar-refractivity contribution in [2.45, 2.75) is 51.4 Å². The molecule has 20 heavy (non-hydrogen) atoms. The molecule has 0 aromatic rings. The predicted molar refractivity (Wildman–Crippen MR) is 74.4 cm³/mol. The molecule has 0 heterocycles. The first-order valence-corrected chi connectivity index (χ1v) is 6.54. The first-order chi connectivity index (χ1) is 9.70. The van der Waals surface area contributed by atoms with Gasteiger partial charge in [-0.1, -0.05) is 31.8 Å². The summed E-state index contributed by atoms with van der Waals surface area (Å²) in [6.07, 6.45) is 9.88. The summed E-state index contributed by atoms with van der Waals surface area (Å²) >= 11 is 0. The van der Waals surface area contributed by atoms with Crippen LogP contribution in [-0.4, -0.2) is 11.8 Å². The summed E-state index contributed by atoms with van der Waals surface area (Å²) in [6.45, 7) is 0. The van der Waals surface area contributed by atoms with Gasteiger partial charge in [0.05, 0.1) is 0 Å². The summed E-state index contributed by atoms with van der Waals surface area (Å²) in [7, 11) is 0. The van der Waals surface area contributed by atoms with Crippen LogP contribution in [0.15, 0.2) is 22.4 Å². The van der Waals surface area contributed by atoms with Crippen molar-refractivity contribution in [3.63, 3.8) is 0 Å². The highest BCUT2D eigenvalue weighted by atomic mass is 16.2. The molecule has 0 atom stereocenters. The second-order valence-corrected chi connectivity index (χ2v) is 4.17. The predicted octanol–water partition coefficient (Wildman–Crippen LogP) is 4.34. The second kappa shape index (κ2) is 13.1. The first kappa shape index (κ1) is 17.7. The third kappa shape index (κ3) is 12.2. The first-order valence-electron chi connectivity index (χ1n) is 6.54. The number of hydrogen-bond acceptors (Lipinski definition) is 2. The molecule has 8 heteroatoms. The number of amides is 2. The van der Waals surface area contributed by atoms with E-state index in [1.807, 2.05) is 0 Å². The van der Waals surface area contributed by atoms with Crippen molar-refractivity contribution in [3.8, 4) is 0 Å². The van der Waals surface area contributed by atoms with Crippen LogP contribution in [0.25, 0.3) is 20.9 Å². The third-order valence-electron chi connectivity index (χ3n) is 2.57. The quantitative estimate of drug-likeness (QED) is 0.193. The fraction of sp³-hybridized carbons (Fsp3) is 0.667. The summed E-state index contributed by atoms with van der Waals surface area (Å²) in [5, 5.41) is 5.91. The van der Waals surface area contributed by atoms with Crippen LogP contribution in [0.1, 0.15) is 51.4 Å². The van der Waals surface area contributed by atoms with Crippen molar-refractivity contribution in [1.82, 2.24) is 0 Å². The van der Waals surface area contributed by atoms with Gasteiger partial charge < -0.3 is 0 Å². The number of hydrogen-bond donors (Lipinski definition) is 0. The minimum atomic E-state index is -0.572. The second-order valence-electron chi connectivity index (χ2n) is 4.17. The minimum absolute atomic E-state index is 0.314. The Hall–Kier alpha value is -2.30. The maximum atomic E-state index is 10.9. The Kier molecular flexibility index (Phi) is 11.6. The molecule has 0 saturated carbocycles. The largest absolute Gasteiger partial charge is 0.293 e. The van der Waals surface area contributed by atoms with Crippen molar-refractivity contribution in [1.29, 1.82) is 0 Å². The van der Waals surface area contributed by atoms with Crippen LogP contribution >= 0.6 is 0 Å². The van der Waals surface area contributed by atoms with Gasteiger partial charge in [0.1, 0.15) is 0 Å². The Bertz CT molecular complexity index is 433. The maximum Gasteiger partial charge on any atom is 0.241 e. The topological polar surface area (TPSA) is 132 Å². The van der Waals surface area contributed by atoms with E-state index in [0.717, 1.165) is 44.9 Å². The zero-order valence-electron chi connectivity index (χ0n) is 11.3. The number of carbonyl (C=O) groups is 2. The highest BCUT2D eigenvalue weighted by Gasteiger charge is 1.97. The molecule has 0 aromatic carbocycles. The summed E-state index contributed by atoms with van der Waals surface area (Å²) in [6, 6.07) is 0. The Balaban J connectivity index is 3.37. The molecule has 0 unspecified atom stereocenters. The van der Waals surface area contributed by atoms with Gasteiger partial charge in [0.2, 0.25) is 11.8 Å². The Morgan fingerprint density at radius 1 is 0.900 bits per heavy atom. The lowest BCUT2D eigenvalue weighted by molar-refractivity contribution is -0.118. The molecular weight excluding hydrogens is 260 g/mol. The van der Waals surface area contributed by atoms with Crippen molar-refractivity contribution in [2.24, 2.45) is 10.2 Å². The highest BCUT2D eigenvalue weighted by Crippen LogP contribution is 2.09. The lowest BCUT2D eigenvalue weighted by Gasteiger charge is -1.99. The number of carbonyl (C=O) groups excluding carboxylic acids is 2. The van der Waals surface area contributed by atoms with Crippen LogP contribution in [-0.2, 0) is 9.59 Å². The van der Waals surface area contributed by atoms with E-state index in [9.17, 15) is 9.59 Å². The van der Waals surface area contributed by atoms with Crippen molar-refractivity contribution >= 4 is 11.8 Å². The number of rotatable bonds is 10. The molecule has 0 radical (unpaired) electrons. The van der Waals surface area contributed by atoms with Crippen LogP contribution in [0.2, 0.25) is 0 Å². The van der Waals surface area contributed by atoms with Gasteiger partial charge in [-0.15, -0.1) is 0 Å². The molecule has 108 valence electrons. The Morgan fingerprint density at radius 2 is 1.50 bits per heavy atom. The van der Waals surface area contributed by atoms with E-state index in [2.05, 4.69) is 20.1 Å². The van der Waals surface area contributed by atoms with Gasteiger partial charge >= 0.3 is 0 Å². The number of unbranched alkanes of at least 4 members (excludes halogenated alkanes) is 6. The van der Waals surface area contributed by atoms with E-state index in [-0.39, 0.29) is 0 Å². The summed E-state index contributed by atoms with van der Waals surface area (Å²) in [4.78, 5) is 26.5. The molecule has 0 N–H and O–H groups in total. The average molecular weight is 278 g/mol. The van der Waals surface area contributed by atoms with Crippen LogP contribution in [0.5, 0.6) is 0 Å². The standard InChI is InChI=1S/C12H18N6O2/c13-17-15-11(19)9-7-5-3-1-2-4-6-8-10-12(20)16-18-14/h7,9H,1-6,8,10H2/b9-7+. The van der Waals surface area contributed by atoms with Gasteiger partial charge in [0.15, 0.2) is 0 Å². The minimum Gasteiger partial charge on any atom is -0.293 e. The van der Waals surface area contributed by atoms with Crippen LogP contribution < -0.4 is 0 Å². The average Bonchev–Trinajstić information content (AvgIpc) is 2.41. The third-order valence-corrected chi connectivity index (χ3v) is 2.57. The maximum absolute atomic E-state index is 10.9. The van der Waals surface area contributed by atoms with E-state index in [1.165, 1.54) is 6.08 Å². The SMILES string of the molecule is [N-]=[N+]=NC(=O)/C=C/CCCCCCCCC(=O)N=[N+]=[N-]. The van der Waals surface area contributed by atoms with Crippen molar-refractivity contribution in [2.75, 3.05) is 0 Å². The van der Waals surface area contributed by atoms with E-state index >= 15 is 0 Å². The molecule has 0 spiro atoms. The van der Waals surface area contributed by atoms with E-state index in [0.29, 0.717) is 6.42 Å². The molecule has 0 rings (SSSR count). The zero-order valence-corrected chi connectivity index (χ0v) is 11.3. The number of azide groups is 2. The monoisotopic (exact) mass is 278 g/mol. The van der Waals surface area contributed by atoms with Gasteiger partial charge in [-0.25, -0.2) is 0 Å². The van der Waals surface area contributed by atoms with Gasteiger partial charge in [-0.3, -0.25) is 9.59 Å². The zero-order chi connectivity index (χ0) is 15.1. The van der Waals surface area contributed by atoms with Gasteiger partial charge in [0, 0.05) is 16.2 Å². The van der Waals surface area contributed by atoms with Crippen LogP contribution in [0.3, 0.4) is 0 Å². The molecule has 0 aliphatic rings. The molecule has 2 amide bonds. The lowest BCUT2D eigenvalue weighted by Crippen LogP contribution is -1.90. The Labute approximate surface area is 117 Å². The van der Waals surface area contributed by atoms with Gasteiger partial charge in [-0.2, -0.15) is 0 Å². The van der Waals surface area contributed by atoms with Crippen LogP contribution in [0.4, 0.5) is 0 Å². The molecule has 0 aliphatic carbocycles. The summed E-state index contributed by atoms with van der Waals surface area (Å²) in [5.41, 5.74) is 16.0. The van der Waals surface area contributed by atoms with E-state index in [1.54, 1.807) is 6.08 Å². The molecule has 0 saturated heterocycles. The molecule has 0 bridgehead atoms. The highest BCUT2D eigenvalue weighted by molar-refractivity contribution is 5.88. The molecular formula is C12H18N6O2. The molecule has 8 nitrogen and oxygen atoms in total. The van der Waals surface area contributed by atoms with Gasteiger partial charge in [0.25, 0.3) is 0 Å². The van der Waals surface area contributed by atoms with Crippen molar-refractivity contribution in [3.05, 3.63) is 33.0 Å². The fourth-order valence-electron chi connectivity index (χ4n) is 1.61. The van der Waals surface area contributed by atoms with Gasteiger partial charge in [-0.05, 0) is 46.6 Å². The van der Waals surface area contributed by atoms with Crippen LogP contribution in [0, 0.1) is 0 Å². The smallest absolute Gasteiger partial charge is 0.241 e. The van der Waals surface area contributed by atoms with E-state index in [4.69, 9.17) is 11.1 Å². The molecule has 0 aliphatic heterocycles. The normalized spacial score (nSPS) is 9.80. The molecule has 0 aromatic heterocycles. The Morgan fingerprint density at radius 3 is 2.15 bits per heavy atom. The van der Waals surface area contributed by atoms with E-state index < -0.39 is 11.8 Å². The fourth-order valence-corrected chi connectivity index (χ4v) is 1.61. The number of nitrogens with zero attached hydrogens (tertiary/aromatic N) is 6. The number of allylic oxidation sites excluding steroid dienone is 1. The van der Waals surface area contributed by atoms with Crippen molar-refractivity contribution < 1.29 is 9.59 Å². The molecule has 0 fully saturated rings. The summed E-state index contributed by atoms with van der Waals surface area (Å²) in [5.74, 6) is -0.973. The lowest BCUT2D eigenvalue weighted by atomic mass is 10.1. The summed E-state index contributed by atoms with van der Waals surface area (Å²) < 4.78 is 0.